The van der Waals surface area contributed by atoms with Gasteiger partial charge in [-0.3, -0.25) is 9.59 Å². The van der Waals surface area contributed by atoms with Crippen molar-refractivity contribution in [2.75, 3.05) is 19.0 Å². The topological polar surface area (TPSA) is 90.9 Å². The highest BCUT2D eigenvalue weighted by Crippen LogP contribution is 2.45. The molecule has 2 aliphatic rings. The molecule has 1 aromatic carbocycles. The second kappa shape index (κ2) is 12.0. The number of nitrogens with one attached hydrogen (secondary N) is 1. The minimum absolute atomic E-state index is 0.0871. The van der Waals surface area contributed by atoms with Gasteiger partial charge in [-0.25, -0.2) is 4.79 Å². The van der Waals surface area contributed by atoms with Gasteiger partial charge in [0.15, 0.2) is 0 Å². The van der Waals surface area contributed by atoms with E-state index >= 15 is 0 Å². The van der Waals surface area contributed by atoms with Gasteiger partial charge in [-0.05, 0) is 51.5 Å². The summed E-state index contributed by atoms with van der Waals surface area (Å²) in [5, 5.41) is 1.93. The molecule has 0 saturated heterocycles. The first-order valence-electron chi connectivity index (χ1n) is 12.7. The van der Waals surface area contributed by atoms with E-state index in [-0.39, 0.29) is 54.1 Å². The highest BCUT2D eigenvalue weighted by molar-refractivity contribution is 6.07. The average molecular weight is 526 g/mol. The van der Waals surface area contributed by atoms with E-state index in [1.807, 2.05) is 5.32 Å². The number of methoxy groups -OCH3 is 1. The molecule has 1 heterocycles. The number of fused-ring (bicyclic) bond motifs is 1. The van der Waals surface area contributed by atoms with Crippen molar-refractivity contribution in [3.05, 3.63) is 33.4 Å². The van der Waals surface area contributed by atoms with Gasteiger partial charge in [-0.15, -0.1) is 0 Å². The summed E-state index contributed by atoms with van der Waals surface area (Å²) in [6.45, 7) is 5.68. The number of hydrogen-bond acceptors (Lipinski definition) is 6. The largest absolute Gasteiger partial charge is 0.496 e. The van der Waals surface area contributed by atoms with Gasteiger partial charge in [0.05, 0.1) is 30.9 Å². The van der Waals surface area contributed by atoms with Crippen LogP contribution in [-0.4, -0.2) is 37.7 Å². The monoisotopic (exact) mass is 525 g/mol. The van der Waals surface area contributed by atoms with Crippen molar-refractivity contribution in [3.63, 3.8) is 0 Å². The summed E-state index contributed by atoms with van der Waals surface area (Å²) in [6, 6.07) is 0. The van der Waals surface area contributed by atoms with Crippen LogP contribution in [0.2, 0.25) is 0 Å². The molecule has 37 heavy (non-hydrogen) atoms. The van der Waals surface area contributed by atoms with Gasteiger partial charge in [-0.2, -0.15) is 13.2 Å². The van der Waals surface area contributed by atoms with Gasteiger partial charge in [0.25, 0.3) is 0 Å². The quantitative estimate of drug-likeness (QED) is 0.218. The number of allylic oxidation sites excluding steroid dienone is 2. The summed E-state index contributed by atoms with van der Waals surface area (Å²) in [5.41, 5.74) is 2.82. The molecule has 204 valence electrons. The van der Waals surface area contributed by atoms with Crippen LogP contribution < -0.4 is 10.1 Å². The summed E-state index contributed by atoms with van der Waals surface area (Å²) >= 11 is 0. The van der Waals surface area contributed by atoms with Crippen LogP contribution in [0.4, 0.5) is 18.9 Å². The summed E-state index contributed by atoms with van der Waals surface area (Å²) in [5.74, 6) is -3.40. The minimum atomic E-state index is -5.16. The molecule has 0 radical (unpaired) electrons. The Kier molecular flexibility index (Phi) is 9.26. The van der Waals surface area contributed by atoms with Gasteiger partial charge >= 0.3 is 24.0 Å². The second-order valence-corrected chi connectivity index (χ2v) is 9.45. The Morgan fingerprint density at radius 3 is 2.43 bits per heavy atom. The lowest BCUT2D eigenvalue weighted by molar-refractivity contribution is -0.167. The molecule has 1 unspecified atom stereocenters. The van der Waals surface area contributed by atoms with E-state index in [4.69, 9.17) is 14.2 Å². The van der Waals surface area contributed by atoms with Crippen LogP contribution in [0.15, 0.2) is 11.1 Å². The number of esters is 2. The summed E-state index contributed by atoms with van der Waals surface area (Å²) in [4.78, 5) is 37.1. The van der Waals surface area contributed by atoms with Crippen LogP contribution in [0.3, 0.4) is 0 Å². The Balaban J connectivity index is 2.08. The molecule has 1 amide bonds. The van der Waals surface area contributed by atoms with E-state index in [0.717, 1.165) is 43.3 Å². The van der Waals surface area contributed by atoms with E-state index < -0.39 is 18.1 Å². The molecule has 7 nitrogen and oxygen atoms in total. The third-order valence-electron chi connectivity index (χ3n) is 7.00. The zero-order chi connectivity index (χ0) is 27.3. The van der Waals surface area contributed by atoms with Crippen LogP contribution in [-0.2, 0) is 32.1 Å². The van der Waals surface area contributed by atoms with Gasteiger partial charge < -0.3 is 19.5 Å². The number of unbranched alkanes of at least 4 members (excludes halogenated alkanes) is 3. The molecular formula is C27H34F3NO6. The number of anilines is 1. The lowest BCUT2D eigenvalue weighted by Crippen LogP contribution is -2.31. The van der Waals surface area contributed by atoms with Crippen LogP contribution in [0.5, 0.6) is 5.75 Å². The van der Waals surface area contributed by atoms with E-state index in [2.05, 4.69) is 6.92 Å². The van der Waals surface area contributed by atoms with Gasteiger partial charge in [-0.1, -0.05) is 37.3 Å². The third-order valence-corrected chi connectivity index (χ3v) is 7.00. The Morgan fingerprint density at radius 2 is 1.81 bits per heavy atom. The van der Waals surface area contributed by atoms with E-state index in [9.17, 15) is 27.6 Å². The van der Waals surface area contributed by atoms with E-state index in [1.54, 1.807) is 13.8 Å². The molecule has 0 spiro atoms. The molecule has 0 aromatic heterocycles. The summed E-state index contributed by atoms with van der Waals surface area (Å²) in [7, 11) is 1.39. The molecule has 1 aliphatic heterocycles. The Morgan fingerprint density at radius 1 is 1.11 bits per heavy atom. The van der Waals surface area contributed by atoms with Crippen molar-refractivity contribution in [2.45, 2.75) is 84.9 Å². The second-order valence-electron chi connectivity index (χ2n) is 9.45. The Labute approximate surface area is 214 Å². The number of hydrogen-bond donors (Lipinski definition) is 1. The van der Waals surface area contributed by atoms with Crippen molar-refractivity contribution in [1.82, 2.24) is 0 Å². The average Bonchev–Trinajstić information content (AvgIpc) is 3.42. The van der Waals surface area contributed by atoms with Gasteiger partial charge in [0.1, 0.15) is 12.4 Å². The van der Waals surface area contributed by atoms with Crippen LogP contribution >= 0.6 is 0 Å². The molecular weight excluding hydrogens is 491 g/mol. The lowest BCUT2D eigenvalue weighted by Gasteiger charge is -2.21. The van der Waals surface area contributed by atoms with Crippen molar-refractivity contribution < 1.29 is 41.8 Å². The zero-order valence-electron chi connectivity index (χ0n) is 21.7. The van der Waals surface area contributed by atoms with Crippen molar-refractivity contribution in [1.29, 1.82) is 0 Å². The summed E-state index contributed by atoms with van der Waals surface area (Å²) < 4.78 is 55.7. The van der Waals surface area contributed by atoms with Gasteiger partial charge in [0.2, 0.25) is 0 Å². The predicted molar refractivity (Wildman–Crippen MR) is 130 cm³/mol. The number of benzene rings is 1. The molecule has 1 atom stereocenters. The molecule has 0 bridgehead atoms. The fourth-order valence-corrected chi connectivity index (χ4v) is 5.19. The van der Waals surface area contributed by atoms with E-state index in [0.29, 0.717) is 24.0 Å². The number of halogens is 3. The standard InChI is InChI=1S/C27H34F3NO6/c1-5-7-8-9-10-16-11-18(24(32)36-6-2)12-17(16)13-19-22(31-26(34)27(28,29)30)21-20(14-37-25(21)33)15(3)23(19)35-4/h18H,5-14H2,1-4H3,(H,31,34). The zero-order valence-corrected chi connectivity index (χ0v) is 21.7. The highest BCUT2D eigenvalue weighted by Gasteiger charge is 2.42. The first-order chi connectivity index (χ1) is 17.5. The van der Waals surface area contributed by atoms with Crippen molar-refractivity contribution in [3.8, 4) is 5.75 Å². The highest BCUT2D eigenvalue weighted by atomic mass is 19.4. The Hall–Kier alpha value is -3.04. The third kappa shape index (κ3) is 6.27. The molecule has 1 aromatic rings. The molecule has 3 rings (SSSR count). The number of ether oxygens (including phenoxy) is 3. The number of alkyl halides is 3. The predicted octanol–water partition coefficient (Wildman–Crippen LogP) is 5.96. The fraction of sp³-hybridized carbons (Fsp3) is 0.593. The maximum Gasteiger partial charge on any atom is 0.471 e. The van der Waals surface area contributed by atoms with Crippen molar-refractivity contribution >= 4 is 23.5 Å². The number of amides is 1. The first kappa shape index (κ1) is 28.5. The molecule has 10 heteroatoms. The lowest BCUT2D eigenvalue weighted by atomic mass is 9.90. The van der Waals surface area contributed by atoms with E-state index in [1.165, 1.54) is 7.11 Å². The van der Waals surface area contributed by atoms with Gasteiger partial charge in [0, 0.05) is 11.1 Å². The first-order valence-corrected chi connectivity index (χ1v) is 12.7. The van der Waals surface area contributed by atoms with Crippen LogP contribution in [0, 0.1) is 12.8 Å². The molecule has 0 fully saturated rings. The number of cyclic esters (lactones) is 1. The van der Waals surface area contributed by atoms with Crippen molar-refractivity contribution in [2.24, 2.45) is 5.92 Å². The number of carbonyl (C=O) groups is 3. The van der Waals surface area contributed by atoms with Crippen LogP contribution in [0.25, 0.3) is 0 Å². The Bertz CT molecular complexity index is 1090. The minimum Gasteiger partial charge on any atom is -0.496 e. The number of carbonyl (C=O) groups excluding carboxylic acids is 3. The summed E-state index contributed by atoms with van der Waals surface area (Å²) in [6.07, 6.45) is 0.720. The molecule has 0 saturated carbocycles. The molecule has 1 aliphatic carbocycles. The fourth-order valence-electron chi connectivity index (χ4n) is 5.19. The normalized spacial score (nSPS) is 17.1. The molecule has 1 N–H and O–H groups in total. The maximum atomic E-state index is 13.2. The number of rotatable bonds is 11. The van der Waals surface area contributed by atoms with Crippen LogP contribution in [0.1, 0.15) is 85.8 Å². The maximum absolute atomic E-state index is 13.2. The smallest absolute Gasteiger partial charge is 0.471 e. The SMILES string of the molecule is CCCCCCC1=C(Cc2c(NC(=O)C(F)(F)F)c3c(c(C)c2OC)COC3=O)CC(C(=O)OCC)C1.